The van der Waals surface area contributed by atoms with Gasteiger partial charge in [0.1, 0.15) is 5.82 Å². The number of hydrogen-bond donors (Lipinski definition) is 2. The van der Waals surface area contributed by atoms with Crippen molar-refractivity contribution in [2.24, 2.45) is 0 Å². The summed E-state index contributed by atoms with van der Waals surface area (Å²) in [5.41, 5.74) is 2.03. The number of aryl methyl sites for hydroxylation is 2. The first-order chi connectivity index (χ1) is 8.09. The summed E-state index contributed by atoms with van der Waals surface area (Å²) in [6.07, 6.45) is 0. The van der Waals surface area contributed by atoms with E-state index in [2.05, 4.69) is 15.5 Å². The molecular formula is C12H12FN3O. The summed E-state index contributed by atoms with van der Waals surface area (Å²) in [4.78, 5) is 11.8. The van der Waals surface area contributed by atoms with E-state index in [1.54, 1.807) is 26.0 Å². The Balaban J connectivity index is 2.27. The van der Waals surface area contributed by atoms with Crippen LogP contribution >= 0.6 is 0 Å². The number of hydrogen-bond acceptors (Lipinski definition) is 2. The molecule has 17 heavy (non-hydrogen) atoms. The average Bonchev–Trinajstić information content (AvgIpc) is 2.61. The molecule has 0 aliphatic rings. The highest BCUT2D eigenvalue weighted by molar-refractivity contribution is 6.05. The van der Waals surface area contributed by atoms with E-state index in [-0.39, 0.29) is 5.56 Å². The molecule has 0 saturated carbocycles. The maximum absolute atomic E-state index is 13.4. The highest BCUT2D eigenvalue weighted by Crippen LogP contribution is 2.17. The topological polar surface area (TPSA) is 57.8 Å². The second kappa shape index (κ2) is 4.37. The fourth-order valence-electron chi connectivity index (χ4n) is 1.56. The molecule has 0 aliphatic carbocycles. The lowest BCUT2D eigenvalue weighted by molar-refractivity contribution is 0.102. The van der Waals surface area contributed by atoms with Crippen LogP contribution in [0.4, 0.5) is 10.1 Å². The maximum atomic E-state index is 13.4. The summed E-state index contributed by atoms with van der Waals surface area (Å²) in [5, 5.41) is 9.34. The van der Waals surface area contributed by atoms with Gasteiger partial charge in [0.2, 0.25) is 0 Å². The molecule has 88 valence electrons. The molecule has 0 spiro atoms. The third kappa shape index (κ3) is 2.18. The van der Waals surface area contributed by atoms with E-state index in [4.69, 9.17) is 0 Å². The van der Waals surface area contributed by atoms with E-state index in [9.17, 15) is 9.18 Å². The van der Waals surface area contributed by atoms with Gasteiger partial charge in [0.05, 0.1) is 22.6 Å². The lowest BCUT2D eigenvalue weighted by Crippen LogP contribution is -2.14. The summed E-state index contributed by atoms with van der Waals surface area (Å²) >= 11 is 0. The van der Waals surface area contributed by atoms with Gasteiger partial charge in [-0.25, -0.2) is 4.39 Å². The molecule has 0 aliphatic heterocycles. The number of nitrogens with zero attached hydrogens (tertiary/aromatic N) is 1. The van der Waals surface area contributed by atoms with Crippen LogP contribution in [0.5, 0.6) is 0 Å². The van der Waals surface area contributed by atoms with E-state index in [0.29, 0.717) is 11.4 Å². The normalized spacial score (nSPS) is 10.3. The molecule has 1 heterocycles. The van der Waals surface area contributed by atoms with Crippen LogP contribution in [-0.4, -0.2) is 16.1 Å². The van der Waals surface area contributed by atoms with Crippen LogP contribution in [0.25, 0.3) is 0 Å². The standard InChI is InChI=1S/C12H12FN3O/c1-7-11(8(2)16-15-7)14-12(17)9-5-3-4-6-10(9)13/h3-6H,1-2H3,(H,14,17)(H,15,16). The van der Waals surface area contributed by atoms with E-state index in [1.165, 1.54) is 12.1 Å². The quantitative estimate of drug-likeness (QED) is 0.836. The third-order valence-corrected chi connectivity index (χ3v) is 2.49. The van der Waals surface area contributed by atoms with E-state index < -0.39 is 11.7 Å². The predicted octanol–water partition coefficient (Wildman–Crippen LogP) is 2.42. The van der Waals surface area contributed by atoms with Gasteiger partial charge in [0, 0.05) is 0 Å². The van der Waals surface area contributed by atoms with Crippen molar-refractivity contribution in [3.8, 4) is 0 Å². The number of H-pyrrole nitrogens is 1. The molecule has 2 rings (SSSR count). The minimum atomic E-state index is -0.538. The largest absolute Gasteiger partial charge is 0.319 e. The lowest BCUT2D eigenvalue weighted by atomic mass is 10.2. The van der Waals surface area contributed by atoms with Crippen LogP contribution < -0.4 is 5.32 Å². The van der Waals surface area contributed by atoms with Gasteiger partial charge < -0.3 is 5.32 Å². The maximum Gasteiger partial charge on any atom is 0.258 e. The molecule has 2 N–H and O–H groups in total. The summed E-state index contributed by atoms with van der Waals surface area (Å²) in [5.74, 6) is -1.01. The van der Waals surface area contributed by atoms with Gasteiger partial charge in [-0.1, -0.05) is 12.1 Å². The minimum Gasteiger partial charge on any atom is -0.319 e. The molecule has 1 aromatic heterocycles. The smallest absolute Gasteiger partial charge is 0.258 e. The zero-order chi connectivity index (χ0) is 12.4. The van der Waals surface area contributed by atoms with Gasteiger partial charge in [-0.2, -0.15) is 5.10 Å². The molecule has 1 amide bonds. The summed E-state index contributed by atoms with van der Waals surface area (Å²) in [6, 6.07) is 5.85. The number of amides is 1. The van der Waals surface area contributed by atoms with Crippen molar-refractivity contribution in [2.75, 3.05) is 5.32 Å². The highest BCUT2D eigenvalue weighted by atomic mass is 19.1. The molecule has 4 nitrogen and oxygen atoms in total. The van der Waals surface area contributed by atoms with Crippen molar-refractivity contribution in [3.05, 3.63) is 47.0 Å². The Morgan fingerprint density at radius 2 is 2.06 bits per heavy atom. The number of aromatic nitrogens is 2. The Bertz CT molecular complexity index is 543. The molecule has 0 fully saturated rings. The zero-order valence-corrected chi connectivity index (χ0v) is 9.54. The number of carbonyl (C=O) groups excluding carboxylic acids is 1. The average molecular weight is 233 g/mol. The molecule has 0 atom stereocenters. The van der Waals surface area contributed by atoms with Crippen LogP contribution in [0.15, 0.2) is 24.3 Å². The van der Waals surface area contributed by atoms with Gasteiger partial charge in [-0.15, -0.1) is 0 Å². The van der Waals surface area contributed by atoms with Crippen LogP contribution in [0.2, 0.25) is 0 Å². The Labute approximate surface area is 97.9 Å². The van der Waals surface area contributed by atoms with E-state index in [0.717, 1.165) is 5.69 Å². The summed E-state index contributed by atoms with van der Waals surface area (Å²) in [6.45, 7) is 3.55. The Morgan fingerprint density at radius 3 is 2.65 bits per heavy atom. The van der Waals surface area contributed by atoms with Crippen molar-refractivity contribution < 1.29 is 9.18 Å². The van der Waals surface area contributed by atoms with E-state index in [1.807, 2.05) is 0 Å². The molecule has 1 aromatic carbocycles. The molecule has 0 bridgehead atoms. The van der Waals surface area contributed by atoms with Crippen LogP contribution in [-0.2, 0) is 0 Å². The Morgan fingerprint density at radius 1 is 1.35 bits per heavy atom. The highest BCUT2D eigenvalue weighted by Gasteiger charge is 2.14. The molecule has 0 saturated heterocycles. The fraction of sp³-hybridized carbons (Fsp3) is 0.167. The van der Waals surface area contributed by atoms with Crippen molar-refractivity contribution in [1.29, 1.82) is 0 Å². The zero-order valence-electron chi connectivity index (χ0n) is 9.54. The summed E-state index contributed by atoms with van der Waals surface area (Å²) < 4.78 is 13.4. The van der Waals surface area contributed by atoms with Crippen LogP contribution in [0, 0.1) is 19.7 Å². The first kappa shape index (κ1) is 11.3. The fourth-order valence-corrected chi connectivity index (χ4v) is 1.56. The number of benzene rings is 1. The summed E-state index contributed by atoms with van der Waals surface area (Å²) in [7, 11) is 0. The van der Waals surface area contributed by atoms with Crippen molar-refractivity contribution >= 4 is 11.6 Å². The van der Waals surface area contributed by atoms with Crippen molar-refractivity contribution in [3.63, 3.8) is 0 Å². The Hall–Kier alpha value is -2.17. The van der Waals surface area contributed by atoms with Crippen LogP contribution in [0.1, 0.15) is 21.7 Å². The van der Waals surface area contributed by atoms with Gasteiger partial charge in [0.15, 0.2) is 0 Å². The lowest BCUT2D eigenvalue weighted by Gasteiger charge is -2.05. The number of nitrogens with one attached hydrogen (secondary N) is 2. The number of anilines is 1. The van der Waals surface area contributed by atoms with E-state index >= 15 is 0 Å². The first-order valence-electron chi connectivity index (χ1n) is 5.17. The van der Waals surface area contributed by atoms with Gasteiger partial charge in [-0.3, -0.25) is 9.89 Å². The predicted molar refractivity (Wildman–Crippen MR) is 62.4 cm³/mol. The minimum absolute atomic E-state index is 0.0208. The second-order valence-corrected chi connectivity index (χ2v) is 3.74. The van der Waals surface area contributed by atoms with Crippen LogP contribution in [0.3, 0.4) is 0 Å². The molecule has 2 aromatic rings. The number of aromatic amines is 1. The number of carbonyl (C=O) groups is 1. The molecule has 0 radical (unpaired) electrons. The van der Waals surface area contributed by atoms with Gasteiger partial charge in [0.25, 0.3) is 5.91 Å². The van der Waals surface area contributed by atoms with Gasteiger partial charge >= 0.3 is 0 Å². The monoisotopic (exact) mass is 233 g/mol. The van der Waals surface area contributed by atoms with Crippen molar-refractivity contribution in [1.82, 2.24) is 10.2 Å². The SMILES string of the molecule is Cc1n[nH]c(C)c1NC(=O)c1ccccc1F. The molecule has 0 unspecified atom stereocenters. The number of rotatable bonds is 2. The van der Waals surface area contributed by atoms with Crippen molar-refractivity contribution in [2.45, 2.75) is 13.8 Å². The number of halogens is 1. The molecule has 5 heteroatoms. The Kier molecular flexibility index (Phi) is 2.91. The first-order valence-corrected chi connectivity index (χ1v) is 5.17. The second-order valence-electron chi connectivity index (χ2n) is 3.74. The third-order valence-electron chi connectivity index (χ3n) is 2.49. The van der Waals surface area contributed by atoms with Gasteiger partial charge in [-0.05, 0) is 26.0 Å². The molecular weight excluding hydrogens is 221 g/mol.